The molecule has 120 heavy (non-hydrogen) atoms. The topological polar surface area (TPSA) is 286 Å². The van der Waals surface area contributed by atoms with Gasteiger partial charge in [-0.2, -0.15) is 0 Å². The number of nitrogens with zero attached hydrogens (tertiary/aromatic N) is 8. The number of rotatable bonds is 27. The molecule has 26 heteroatoms. The molecule has 0 aliphatic carbocycles. The van der Waals surface area contributed by atoms with Crippen molar-refractivity contribution in [3.05, 3.63) is 369 Å². The van der Waals surface area contributed by atoms with Crippen molar-refractivity contribution in [2.24, 2.45) is 0 Å². The lowest BCUT2D eigenvalue weighted by molar-refractivity contribution is 0.0104. The van der Waals surface area contributed by atoms with Gasteiger partial charge in [-0.15, -0.1) is 0 Å². The molecule has 22 nitrogen and oxygen atoms in total. The fraction of sp³-hybridized carbons (Fsp3) is 0.170. The van der Waals surface area contributed by atoms with Gasteiger partial charge in [-0.3, -0.25) is 19.9 Å². The highest BCUT2D eigenvalue weighted by atomic mass is 19.1. The maximum Gasteiger partial charge on any atom is 0.361 e. The lowest BCUT2D eigenvalue weighted by Crippen LogP contribution is -2.21. The van der Waals surface area contributed by atoms with Crippen molar-refractivity contribution < 1.29 is 84.8 Å². The SMILES string of the molecule is COC(=O)c1ncc2cc(Cc3ccc(F)cc3)cnc2c1OCc1ccccc1.COCC(C)OC(=O)c1ncc2cc(Cc3ccc(F)cc3)cnc2c1O.COCC(C)OC(=O)c1ncc2cc(Cc3ccc(F)cc3)cnc2c1OCc1ccccc1.O=C(O)c1ncc2cc(Cc3ccc(F)cc3)cnc2c1OCc1ccccc1. The number of carboxylic acids is 1. The van der Waals surface area contributed by atoms with E-state index in [1.807, 2.05) is 115 Å². The van der Waals surface area contributed by atoms with Crippen LogP contribution in [0.15, 0.2) is 262 Å². The van der Waals surface area contributed by atoms with Gasteiger partial charge in [0, 0.05) is 85.3 Å². The highest BCUT2D eigenvalue weighted by molar-refractivity contribution is 6.00. The number of pyridine rings is 8. The lowest BCUT2D eigenvalue weighted by Gasteiger charge is -2.16. The smallest absolute Gasteiger partial charge is 0.361 e. The van der Waals surface area contributed by atoms with Gasteiger partial charge >= 0.3 is 23.9 Å². The number of benzene rings is 7. The highest BCUT2D eigenvalue weighted by Crippen LogP contribution is 2.34. The minimum atomic E-state index is -1.17. The lowest BCUT2D eigenvalue weighted by atomic mass is 10.0. The fourth-order valence-corrected chi connectivity index (χ4v) is 12.5. The summed E-state index contributed by atoms with van der Waals surface area (Å²) < 4.78 is 95.8. The summed E-state index contributed by atoms with van der Waals surface area (Å²) in [5, 5.41) is 22.6. The highest BCUT2D eigenvalue weighted by Gasteiger charge is 2.26. The number of halogens is 4. The summed E-state index contributed by atoms with van der Waals surface area (Å²) in [6.07, 6.45) is 14.3. The summed E-state index contributed by atoms with van der Waals surface area (Å²) in [7, 11) is 4.35. The van der Waals surface area contributed by atoms with Crippen molar-refractivity contribution in [1.82, 2.24) is 39.9 Å². The third-order valence-electron chi connectivity index (χ3n) is 18.3. The first kappa shape index (κ1) is 84.9. The summed E-state index contributed by atoms with van der Waals surface area (Å²) in [5.74, 6) is -3.84. The van der Waals surface area contributed by atoms with E-state index >= 15 is 0 Å². The van der Waals surface area contributed by atoms with E-state index in [9.17, 15) is 47.0 Å². The van der Waals surface area contributed by atoms with Crippen LogP contribution in [0, 0.1) is 23.3 Å². The Morgan fingerprint density at radius 3 is 0.908 bits per heavy atom. The number of hydrogen-bond acceptors (Lipinski definition) is 21. The van der Waals surface area contributed by atoms with Crippen molar-refractivity contribution in [3.63, 3.8) is 0 Å². The molecule has 7 aromatic carbocycles. The molecule has 0 aliphatic rings. The minimum Gasteiger partial charge on any atom is -0.504 e. The first-order valence-corrected chi connectivity index (χ1v) is 37.7. The number of fused-ring (bicyclic) bond motifs is 4. The first-order valence-electron chi connectivity index (χ1n) is 37.7. The standard InChI is InChI=1S/C27H25FN2O4.C24H19FN2O3.C23H17FN2O3.C20H19FN2O4/c1-18(16-32-2)34-27(31)25-26(33-17-20-6-4-3-5-7-20)24-22(15-30-25)13-21(14-29-24)12-19-8-10-23(28)11-9-19;1-29-24(28)22-23(30-15-17-5-3-2-4-6-17)21-19(14-27-22)12-18(13-26-21)11-16-7-9-20(25)10-8-16;24-19-8-6-15(7-9-19)10-17-11-18-13-26-21(23(27)28)22(20(18)25-12-17)29-14-16-4-2-1-3-5-16;1-12(11-26-2)27-20(25)18-19(24)17-15(10-23-18)8-14(9-22-17)7-13-3-5-16(21)6-4-13/h3-11,13-15,18H,12,16-17H2,1-2H3;2-10,12-14H,11,15H2,1H3;1-9,11-13H,10,14H2,(H,27,28);3-6,8-10,12,24H,7,11H2,1-2H3. The molecule has 0 saturated carbocycles. The van der Waals surface area contributed by atoms with Gasteiger partial charge in [0.2, 0.25) is 0 Å². The second-order valence-corrected chi connectivity index (χ2v) is 27.6. The number of carbonyl (C=O) groups is 4. The van der Waals surface area contributed by atoms with Gasteiger partial charge < -0.3 is 48.1 Å². The van der Waals surface area contributed by atoms with E-state index in [0.29, 0.717) is 53.0 Å². The Labute approximate surface area is 687 Å². The second kappa shape index (κ2) is 41.4. The van der Waals surface area contributed by atoms with Crippen LogP contribution < -0.4 is 14.2 Å². The maximum absolute atomic E-state index is 13.2. The van der Waals surface area contributed by atoms with E-state index < -0.39 is 36.1 Å². The average Bonchev–Trinajstić information content (AvgIpc) is 0.604. The Balaban J connectivity index is 0.000000147. The zero-order chi connectivity index (χ0) is 84.4. The van der Waals surface area contributed by atoms with Crippen LogP contribution in [0.5, 0.6) is 23.0 Å². The first-order chi connectivity index (χ1) is 58.2. The van der Waals surface area contributed by atoms with Crippen LogP contribution in [0.25, 0.3) is 43.6 Å². The Hall–Kier alpha value is -14.5. The molecule has 0 fully saturated rings. The molecule has 608 valence electrons. The molecule has 15 aromatic rings. The summed E-state index contributed by atoms with van der Waals surface area (Å²) in [6.45, 7) is 4.65. The summed E-state index contributed by atoms with van der Waals surface area (Å²) in [5.41, 5.74) is 11.8. The molecular formula is C94H80F4N8O14. The molecule has 0 radical (unpaired) electrons. The molecule has 0 spiro atoms. The monoisotopic (exact) mass is 1620 g/mol. The summed E-state index contributed by atoms with van der Waals surface area (Å²) in [6, 6.07) is 61.5. The van der Waals surface area contributed by atoms with Crippen molar-refractivity contribution in [2.45, 2.75) is 71.6 Å². The van der Waals surface area contributed by atoms with E-state index in [1.165, 1.54) is 75.1 Å². The van der Waals surface area contributed by atoms with Crippen molar-refractivity contribution >= 4 is 67.5 Å². The average molecular weight is 1620 g/mol. The number of hydrogen-bond donors (Lipinski definition) is 2. The van der Waals surface area contributed by atoms with Crippen LogP contribution in [0.2, 0.25) is 0 Å². The third-order valence-corrected chi connectivity index (χ3v) is 18.3. The predicted molar refractivity (Wildman–Crippen MR) is 441 cm³/mol. The van der Waals surface area contributed by atoms with Crippen LogP contribution in [-0.2, 0) is 69.2 Å². The number of esters is 3. The Morgan fingerprint density at radius 2 is 0.600 bits per heavy atom. The molecule has 0 amide bonds. The van der Waals surface area contributed by atoms with Crippen LogP contribution in [0.3, 0.4) is 0 Å². The predicted octanol–water partition coefficient (Wildman–Crippen LogP) is 17.7. The van der Waals surface area contributed by atoms with Crippen molar-refractivity contribution in [2.75, 3.05) is 34.5 Å². The Kier molecular flexibility index (Phi) is 29.3. The van der Waals surface area contributed by atoms with E-state index in [2.05, 4.69) is 39.9 Å². The van der Waals surface area contributed by atoms with Gasteiger partial charge in [0.1, 0.15) is 77.4 Å². The molecule has 2 atom stereocenters. The van der Waals surface area contributed by atoms with Gasteiger partial charge in [-0.05, 0) is 174 Å². The van der Waals surface area contributed by atoms with E-state index in [-0.39, 0.29) is 108 Å². The number of aromatic hydroxyl groups is 1. The number of carbonyl (C=O) groups excluding carboxylic acids is 3. The van der Waals surface area contributed by atoms with E-state index in [1.54, 1.807) is 107 Å². The number of aromatic nitrogens is 8. The molecule has 2 N–H and O–H groups in total. The molecule has 15 rings (SSSR count). The minimum absolute atomic E-state index is 0.0603. The number of methoxy groups -OCH3 is 3. The van der Waals surface area contributed by atoms with Crippen LogP contribution in [0.4, 0.5) is 17.6 Å². The Bertz CT molecular complexity index is 6040. The van der Waals surface area contributed by atoms with Gasteiger partial charge in [0.05, 0.1) is 20.3 Å². The zero-order valence-electron chi connectivity index (χ0n) is 65.7. The molecule has 2 unspecified atom stereocenters. The summed E-state index contributed by atoms with van der Waals surface area (Å²) >= 11 is 0. The fourth-order valence-electron chi connectivity index (χ4n) is 12.5. The van der Waals surface area contributed by atoms with Crippen LogP contribution >= 0.6 is 0 Å². The van der Waals surface area contributed by atoms with Gasteiger partial charge in [-0.25, -0.2) is 56.7 Å². The second-order valence-electron chi connectivity index (χ2n) is 27.6. The molecule has 0 bridgehead atoms. The third kappa shape index (κ3) is 23.2. The number of carboxylic acid groups (broad SMARTS) is 1. The van der Waals surface area contributed by atoms with Gasteiger partial charge in [0.15, 0.2) is 45.8 Å². The quantitative estimate of drug-likeness (QED) is 0.0275. The molecular weight excluding hydrogens is 1540 g/mol. The van der Waals surface area contributed by atoms with E-state index in [0.717, 1.165) is 72.0 Å². The largest absolute Gasteiger partial charge is 0.504 e. The Morgan fingerprint density at radius 1 is 0.325 bits per heavy atom. The molecule has 8 aromatic heterocycles. The van der Waals surface area contributed by atoms with Gasteiger partial charge in [0.25, 0.3) is 0 Å². The van der Waals surface area contributed by atoms with E-state index in [4.69, 9.17) is 37.9 Å². The number of ether oxygens (including phenoxy) is 8. The molecule has 0 aliphatic heterocycles. The van der Waals surface area contributed by atoms with Crippen LogP contribution in [-0.4, -0.2) is 121 Å². The molecule has 0 saturated heterocycles. The summed E-state index contributed by atoms with van der Waals surface area (Å²) in [4.78, 5) is 83.4. The van der Waals surface area contributed by atoms with Crippen LogP contribution in [0.1, 0.15) is 117 Å². The zero-order valence-corrected chi connectivity index (χ0v) is 65.7. The van der Waals surface area contributed by atoms with Gasteiger partial charge in [-0.1, -0.05) is 140 Å². The van der Waals surface area contributed by atoms with Crippen molar-refractivity contribution in [1.29, 1.82) is 0 Å². The molecule has 8 heterocycles. The number of aromatic carboxylic acids is 1. The van der Waals surface area contributed by atoms with Crippen molar-refractivity contribution in [3.8, 4) is 23.0 Å². The normalized spacial score (nSPS) is 11.4. The maximum atomic E-state index is 13.2.